The van der Waals surface area contributed by atoms with E-state index < -0.39 is 0 Å². The topological polar surface area (TPSA) is 12.0 Å². The van der Waals surface area contributed by atoms with E-state index in [1.807, 2.05) is 0 Å². The van der Waals surface area contributed by atoms with E-state index in [4.69, 9.17) is 0 Å². The van der Waals surface area contributed by atoms with Gasteiger partial charge in [-0.15, -0.1) is 0 Å². The van der Waals surface area contributed by atoms with Gasteiger partial charge >= 0.3 is 0 Å². The Morgan fingerprint density at radius 3 is 2.38 bits per heavy atom. The van der Waals surface area contributed by atoms with E-state index in [-0.39, 0.29) is 0 Å². The fourth-order valence-corrected chi connectivity index (χ4v) is 3.92. The third-order valence-electron chi connectivity index (χ3n) is 4.74. The summed E-state index contributed by atoms with van der Waals surface area (Å²) in [6.45, 7) is 9.69. The van der Waals surface area contributed by atoms with Gasteiger partial charge in [0.2, 0.25) is 0 Å². The average Bonchev–Trinajstić information content (AvgIpc) is 1.94. The van der Waals surface area contributed by atoms with Gasteiger partial charge in [0.25, 0.3) is 0 Å². The van der Waals surface area contributed by atoms with Gasteiger partial charge in [0.05, 0.1) is 0 Å². The molecule has 2 aliphatic carbocycles. The Hall–Kier alpha value is -0.0400. The molecule has 0 saturated heterocycles. The summed E-state index contributed by atoms with van der Waals surface area (Å²) in [6, 6.07) is 1.52. The van der Waals surface area contributed by atoms with Gasteiger partial charge in [0.15, 0.2) is 0 Å². The molecule has 0 heterocycles. The molecule has 2 fully saturated rings. The van der Waals surface area contributed by atoms with Crippen molar-refractivity contribution in [1.82, 2.24) is 5.32 Å². The predicted octanol–water partition coefficient (Wildman–Crippen LogP) is 3.98. The Morgan fingerprint density at radius 2 is 1.88 bits per heavy atom. The van der Waals surface area contributed by atoms with Crippen LogP contribution in [0.3, 0.4) is 0 Å². The highest BCUT2D eigenvalue weighted by atomic mass is 15.0. The molecule has 0 amide bonds. The van der Waals surface area contributed by atoms with E-state index in [1.165, 1.54) is 38.5 Å². The molecular formula is C15H29N. The molecule has 1 heteroatoms. The van der Waals surface area contributed by atoms with Crippen LogP contribution in [0.25, 0.3) is 0 Å². The van der Waals surface area contributed by atoms with Crippen LogP contribution in [0.1, 0.15) is 66.2 Å². The van der Waals surface area contributed by atoms with Crippen molar-refractivity contribution in [1.29, 1.82) is 0 Å². The Bertz CT molecular complexity index is 230. The molecule has 1 nitrogen and oxygen atoms in total. The maximum atomic E-state index is 3.91. The zero-order chi connectivity index (χ0) is 11.8. The summed E-state index contributed by atoms with van der Waals surface area (Å²) >= 11 is 0. The molecule has 0 aromatic rings. The highest BCUT2D eigenvalue weighted by Gasteiger charge is 2.34. The van der Waals surface area contributed by atoms with Crippen molar-refractivity contribution in [2.24, 2.45) is 17.3 Å². The normalized spacial score (nSPS) is 36.8. The van der Waals surface area contributed by atoms with Gasteiger partial charge < -0.3 is 5.32 Å². The first-order valence-electron chi connectivity index (χ1n) is 7.22. The van der Waals surface area contributed by atoms with Gasteiger partial charge in [-0.05, 0) is 56.3 Å². The van der Waals surface area contributed by atoms with E-state index >= 15 is 0 Å². The van der Waals surface area contributed by atoms with Gasteiger partial charge in [0.1, 0.15) is 0 Å². The zero-order valence-corrected chi connectivity index (χ0v) is 11.6. The molecular weight excluding hydrogens is 194 g/mol. The van der Waals surface area contributed by atoms with Crippen molar-refractivity contribution in [3.8, 4) is 0 Å². The lowest BCUT2D eigenvalue weighted by Gasteiger charge is -2.42. The van der Waals surface area contributed by atoms with Crippen LogP contribution in [0.5, 0.6) is 0 Å². The zero-order valence-electron chi connectivity index (χ0n) is 11.6. The van der Waals surface area contributed by atoms with Crippen LogP contribution in [0, 0.1) is 17.3 Å². The van der Waals surface area contributed by atoms with Crippen molar-refractivity contribution in [2.75, 3.05) is 0 Å². The van der Waals surface area contributed by atoms with Crippen LogP contribution in [0.2, 0.25) is 0 Å². The van der Waals surface area contributed by atoms with Crippen LogP contribution in [0.4, 0.5) is 0 Å². The van der Waals surface area contributed by atoms with E-state index in [1.54, 1.807) is 0 Å². The standard InChI is InChI=1S/C15H29N/c1-11-8-14(10-15(3,4)9-11)16-12(2)13-6-5-7-13/h11-14,16H,5-10H2,1-4H3. The first-order chi connectivity index (χ1) is 7.46. The Labute approximate surface area is 101 Å². The molecule has 1 N–H and O–H groups in total. The summed E-state index contributed by atoms with van der Waals surface area (Å²) in [5, 5.41) is 3.91. The summed E-state index contributed by atoms with van der Waals surface area (Å²) < 4.78 is 0. The number of hydrogen-bond acceptors (Lipinski definition) is 1. The van der Waals surface area contributed by atoms with Crippen molar-refractivity contribution in [3.63, 3.8) is 0 Å². The molecule has 16 heavy (non-hydrogen) atoms. The molecule has 94 valence electrons. The second-order valence-electron chi connectivity index (χ2n) is 7.26. The smallest absolute Gasteiger partial charge is 0.00772 e. The monoisotopic (exact) mass is 223 g/mol. The van der Waals surface area contributed by atoms with Crippen molar-refractivity contribution in [2.45, 2.75) is 78.3 Å². The second-order valence-corrected chi connectivity index (χ2v) is 7.26. The Kier molecular flexibility index (Phi) is 3.63. The Morgan fingerprint density at radius 1 is 1.19 bits per heavy atom. The molecule has 0 radical (unpaired) electrons. The highest BCUT2D eigenvalue weighted by molar-refractivity contribution is 4.89. The van der Waals surface area contributed by atoms with E-state index in [9.17, 15) is 0 Å². The van der Waals surface area contributed by atoms with Crippen LogP contribution in [-0.4, -0.2) is 12.1 Å². The lowest BCUT2D eigenvalue weighted by atomic mass is 9.70. The van der Waals surface area contributed by atoms with Gasteiger partial charge in [-0.2, -0.15) is 0 Å². The minimum Gasteiger partial charge on any atom is -0.311 e. The third-order valence-corrected chi connectivity index (χ3v) is 4.74. The van der Waals surface area contributed by atoms with E-state index in [0.29, 0.717) is 5.41 Å². The van der Waals surface area contributed by atoms with Crippen molar-refractivity contribution >= 4 is 0 Å². The molecule has 0 aromatic heterocycles. The molecule has 2 rings (SSSR count). The lowest BCUT2D eigenvalue weighted by Crippen LogP contribution is -2.47. The van der Waals surface area contributed by atoms with E-state index in [2.05, 4.69) is 33.0 Å². The molecule has 2 aliphatic rings. The fourth-order valence-electron chi connectivity index (χ4n) is 3.92. The van der Waals surface area contributed by atoms with Gasteiger partial charge in [-0.1, -0.05) is 27.2 Å². The summed E-state index contributed by atoms with van der Waals surface area (Å²) in [5.41, 5.74) is 0.550. The summed E-state index contributed by atoms with van der Waals surface area (Å²) in [6.07, 6.45) is 8.54. The third kappa shape index (κ3) is 3.00. The molecule has 3 unspecified atom stereocenters. The fraction of sp³-hybridized carbons (Fsp3) is 1.00. The largest absolute Gasteiger partial charge is 0.311 e. The predicted molar refractivity (Wildman–Crippen MR) is 70.5 cm³/mol. The lowest BCUT2D eigenvalue weighted by molar-refractivity contribution is 0.128. The van der Waals surface area contributed by atoms with Crippen LogP contribution in [0.15, 0.2) is 0 Å². The van der Waals surface area contributed by atoms with Gasteiger partial charge in [-0.25, -0.2) is 0 Å². The minimum absolute atomic E-state index is 0.550. The number of rotatable bonds is 3. The van der Waals surface area contributed by atoms with Crippen LogP contribution in [-0.2, 0) is 0 Å². The molecule has 0 aromatic carbocycles. The maximum absolute atomic E-state index is 3.91. The van der Waals surface area contributed by atoms with Gasteiger partial charge in [0, 0.05) is 12.1 Å². The number of hydrogen-bond donors (Lipinski definition) is 1. The maximum Gasteiger partial charge on any atom is 0.00772 e. The van der Waals surface area contributed by atoms with Gasteiger partial charge in [-0.3, -0.25) is 0 Å². The summed E-state index contributed by atoms with van der Waals surface area (Å²) in [4.78, 5) is 0. The SMILES string of the molecule is CC1CC(NC(C)C2CCC2)CC(C)(C)C1. The quantitative estimate of drug-likeness (QED) is 0.763. The summed E-state index contributed by atoms with van der Waals surface area (Å²) in [7, 11) is 0. The first kappa shape index (κ1) is 12.4. The highest BCUT2D eigenvalue weighted by Crippen LogP contribution is 2.39. The van der Waals surface area contributed by atoms with E-state index in [0.717, 1.165) is 23.9 Å². The molecule has 2 saturated carbocycles. The van der Waals surface area contributed by atoms with Crippen molar-refractivity contribution < 1.29 is 0 Å². The Balaban J connectivity index is 1.84. The minimum atomic E-state index is 0.550. The second kappa shape index (κ2) is 4.68. The average molecular weight is 223 g/mol. The van der Waals surface area contributed by atoms with Crippen LogP contribution < -0.4 is 5.32 Å². The molecule has 0 spiro atoms. The number of nitrogens with one attached hydrogen (secondary N) is 1. The molecule has 0 aliphatic heterocycles. The first-order valence-corrected chi connectivity index (χ1v) is 7.22. The summed E-state index contributed by atoms with van der Waals surface area (Å²) in [5.74, 6) is 1.87. The van der Waals surface area contributed by atoms with Crippen molar-refractivity contribution in [3.05, 3.63) is 0 Å². The molecule has 0 bridgehead atoms. The van der Waals surface area contributed by atoms with Crippen LogP contribution >= 0.6 is 0 Å². The molecule has 3 atom stereocenters.